The molecular weight excluding hydrogens is 310 g/mol. The Hall–Kier alpha value is -1.97. The summed E-state index contributed by atoms with van der Waals surface area (Å²) in [7, 11) is -1.95. The van der Waals surface area contributed by atoms with E-state index in [4.69, 9.17) is 0 Å². The van der Waals surface area contributed by atoms with Gasteiger partial charge in [-0.3, -0.25) is 9.82 Å². The number of aromatic amines is 1. The number of nitrogens with zero attached hydrogens (tertiary/aromatic N) is 2. The van der Waals surface area contributed by atoms with E-state index >= 15 is 0 Å². The van der Waals surface area contributed by atoms with Crippen molar-refractivity contribution in [1.29, 1.82) is 0 Å². The quantitative estimate of drug-likeness (QED) is 0.661. The molecule has 110 valence electrons. The maximum absolute atomic E-state index is 12.4. The summed E-state index contributed by atoms with van der Waals surface area (Å²) in [5.41, 5.74) is 3.66. The van der Waals surface area contributed by atoms with Crippen molar-refractivity contribution in [2.75, 3.05) is 11.8 Å². The second kappa shape index (κ2) is 5.43. The molecule has 3 rings (SSSR count). The van der Waals surface area contributed by atoms with Gasteiger partial charge in [-0.05, 0) is 25.2 Å². The van der Waals surface area contributed by atoms with Crippen molar-refractivity contribution < 1.29 is 8.42 Å². The van der Waals surface area contributed by atoms with Gasteiger partial charge >= 0.3 is 0 Å². The Bertz CT molecular complexity index is 869. The molecule has 0 saturated heterocycles. The van der Waals surface area contributed by atoms with Crippen LogP contribution >= 0.6 is 11.3 Å². The van der Waals surface area contributed by atoms with Crippen molar-refractivity contribution in [3.8, 4) is 0 Å². The molecular formula is C12H13N5O2S2. The summed E-state index contributed by atoms with van der Waals surface area (Å²) in [6.07, 6.45) is 1.50. The van der Waals surface area contributed by atoms with Crippen molar-refractivity contribution in [3.05, 3.63) is 35.5 Å². The van der Waals surface area contributed by atoms with E-state index in [0.717, 1.165) is 10.2 Å². The molecule has 9 heteroatoms. The topological polar surface area (TPSA) is 99.8 Å². The van der Waals surface area contributed by atoms with Gasteiger partial charge in [0.1, 0.15) is 0 Å². The summed E-state index contributed by atoms with van der Waals surface area (Å²) in [4.78, 5) is 4.16. The third-order valence-electron chi connectivity index (χ3n) is 2.90. The van der Waals surface area contributed by atoms with Gasteiger partial charge in [0.05, 0.1) is 27.6 Å². The van der Waals surface area contributed by atoms with Crippen molar-refractivity contribution in [1.82, 2.24) is 20.5 Å². The Morgan fingerprint density at radius 2 is 2.24 bits per heavy atom. The molecule has 2 aromatic heterocycles. The van der Waals surface area contributed by atoms with Crippen molar-refractivity contribution in [3.63, 3.8) is 0 Å². The van der Waals surface area contributed by atoms with E-state index in [1.807, 2.05) is 0 Å². The van der Waals surface area contributed by atoms with Crippen LogP contribution in [-0.4, -0.2) is 30.6 Å². The van der Waals surface area contributed by atoms with Gasteiger partial charge in [-0.2, -0.15) is 13.5 Å². The Morgan fingerprint density at radius 3 is 3.05 bits per heavy atom. The number of H-pyrrole nitrogens is 1. The summed E-state index contributed by atoms with van der Waals surface area (Å²) >= 11 is 1.46. The Kier molecular flexibility index (Phi) is 3.62. The summed E-state index contributed by atoms with van der Waals surface area (Å²) < 4.78 is 28.3. The first kappa shape index (κ1) is 14.0. The van der Waals surface area contributed by atoms with E-state index in [0.29, 0.717) is 17.8 Å². The predicted octanol–water partition coefficient (Wildman–Crippen LogP) is 1.54. The van der Waals surface area contributed by atoms with E-state index < -0.39 is 10.0 Å². The number of aromatic nitrogens is 3. The summed E-state index contributed by atoms with van der Waals surface area (Å²) in [5, 5.41) is 9.31. The predicted molar refractivity (Wildman–Crippen MR) is 81.8 cm³/mol. The first-order valence-corrected chi connectivity index (χ1v) is 8.49. The van der Waals surface area contributed by atoms with E-state index in [1.54, 1.807) is 30.8 Å². The molecule has 0 amide bonds. The van der Waals surface area contributed by atoms with Crippen LogP contribution in [0.25, 0.3) is 10.2 Å². The van der Waals surface area contributed by atoms with Crippen LogP contribution in [0.3, 0.4) is 0 Å². The molecule has 3 N–H and O–H groups in total. The number of thiazole rings is 1. The van der Waals surface area contributed by atoms with Crippen LogP contribution in [0.15, 0.2) is 34.9 Å². The standard InChI is InChI=1S/C12H13N5O2S2/c1-13-5-8-6-15-16-12(8)21(18,19)17-9-2-3-10-11(4-9)20-7-14-10/h2-4,6-7,13,17H,5H2,1H3,(H,15,16). The molecule has 0 unspecified atom stereocenters. The average Bonchev–Trinajstić information content (AvgIpc) is 3.06. The Morgan fingerprint density at radius 1 is 1.38 bits per heavy atom. The van der Waals surface area contributed by atoms with Crippen LogP contribution in [0.2, 0.25) is 0 Å². The number of sulfonamides is 1. The summed E-state index contributed by atoms with van der Waals surface area (Å²) in [5.74, 6) is 0. The number of nitrogens with one attached hydrogen (secondary N) is 3. The first-order valence-electron chi connectivity index (χ1n) is 6.13. The lowest BCUT2D eigenvalue weighted by atomic mass is 10.3. The number of rotatable bonds is 5. The molecule has 0 atom stereocenters. The van der Waals surface area contributed by atoms with Gasteiger partial charge in [0.25, 0.3) is 10.0 Å². The number of hydrogen-bond donors (Lipinski definition) is 3. The number of anilines is 1. The molecule has 7 nitrogen and oxygen atoms in total. The van der Waals surface area contributed by atoms with Gasteiger partial charge in [0, 0.05) is 12.1 Å². The van der Waals surface area contributed by atoms with E-state index in [9.17, 15) is 8.42 Å². The maximum Gasteiger partial charge on any atom is 0.279 e. The molecule has 0 aliphatic rings. The van der Waals surface area contributed by atoms with Gasteiger partial charge < -0.3 is 5.32 Å². The summed E-state index contributed by atoms with van der Waals surface area (Å²) in [6, 6.07) is 5.23. The van der Waals surface area contributed by atoms with Crippen LogP contribution in [0.4, 0.5) is 5.69 Å². The number of benzene rings is 1. The molecule has 0 aliphatic heterocycles. The molecule has 0 aliphatic carbocycles. The monoisotopic (exact) mass is 323 g/mol. The third kappa shape index (κ3) is 2.75. The normalized spacial score (nSPS) is 11.9. The lowest BCUT2D eigenvalue weighted by Gasteiger charge is -2.08. The highest BCUT2D eigenvalue weighted by atomic mass is 32.2. The van der Waals surface area contributed by atoms with Gasteiger partial charge in [-0.15, -0.1) is 11.3 Å². The molecule has 21 heavy (non-hydrogen) atoms. The molecule has 0 spiro atoms. The Labute approximate surface area is 125 Å². The van der Waals surface area contributed by atoms with Crippen LogP contribution in [0.5, 0.6) is 0 Å². The van der Waals surface area contributed by atoms with E-state index in [-0.39, 0.29) is 5.03 Å². The fourth-order valence-electron chi connectivity index (χ4n) is 1.97. The average molecular weight is 323 g/mol. The summed E-state index contributed by atoms with van der Waals surface area (Å²) in [6.45, 7) is 0.417. The van der Waals surface area contributed by atoms with Gasteiger partial charge in [0.15, 0.2) is 5.03 Å². The molecule has 0 radical (unpaired) electrons. The lowest BCUT2D eigenvalue weighted by molar-refractivity contribution is 0.595. The minimum Gasteiger partial charge on any atom is -0.316 e. The minimum absolute atomic E-state index is 0.0706. The molecule has 1 aromatic carbocycles. The van der Waals surface area contributed by atoms with Crippen LogP contribution in [-0.2, 0) is 16.6 Å². The lowest BCUT2D eigenvalue weighted by Crippen LogP contribution is -2.17. The minimum atomic E-state index is -3.70. The van der Waals surface area contributed by atoms with Crippen LogP contribution in [0.1, 0.15) is 5.56 Å². The molecule has 0 fully saturated rings. The van der Waals surface area contributed by atoms with Crippen molar-refractivity contribution in [2.24, 2.45) is 0 Å². The van der Waals surface area contributed by atoms with Gasteiger partial charge in [0.2, 0.25) is 0 Å². The first-order chi connectivity index (χ1) is 10.1. The highest BCUT2D eigenvalue weighted by Crippen LogP contribution is 2.24. The zero-order valence-corrected chi connectivity index (χ0v) is 12.8. The fourth-order valence-corrected chi connectivity index (χ4v) is 3.87. The second-order valence-electron chi connectivity index (χ2n) is 4.40. The molecule has 0 saturated carbocycles. The number of fused-ring (bicyclic) bond motifs is 1. The van der Waals surface area contributed by atoms with Gasteiger partial charge in [-0.1, -0.05) is 0 Å². The van der Waals surface area contributed by atoms with Gasteiger partial charge in [-0.25, -0.2) is 4.98 Å². The van der Waals surface area contributed by atoms with E-state index in [1.165, 1.54) is 17.5 Å². The second-order valence-corrected chi connectivity index (χ2v) is 6.90. The molecule has 3 aromatic rings. The third-order valence-corrected chi connectivity index (χ3v) is 5.08. The molecule has 0 bridgehead atoms. The smallest absolute Gasteiger partial charge is 0.279 e. The van der Waals surface area contributed by atoms with Crippen molar-refractivity contribution >= 4 is 37.3 Å². The largest absolute Gasteiger partial charge is 0.316 e. The van der Waals surface area contributed by atoms with Crippen molar-refractivity contribution in [2.45, 2.75) is 11.6 Å². The molecule has 2 heterocycles. The zero-order valence-electron chi connectivity index (χ0n) is 11.1. The maximum atomic E-state index is 12.4. The fraction of sp³-hybridized carbons (Fsp3) is 0.167. The van der Waals surface area contributed by atoms with Crippen LogP contribution < -0.4 is 10.0 Å². The van der Waals surface area contributed by atoms with Crippen LogP contribution in [0, 0.1) is 0 Å². The highest BCUT2D eigenvalue weighted by molar-refractivity contribution is 7.92. The number of hydrogen-bond acceptors (Lipinski definition) is 6. The Balaban J connectivity index is 1.93. The highest BCUT2D eigenvalue weighted by Gasteiger charge is 2.20. The SMILES string of the molecule is CNCc1cn[nH]c1S(=O)(=O)Nc1ccc2ncsc2c1. The zero-order chi connectivity index (χ0) is 14.9. The van der Waals surface area contributed by atoms with E-state index in [2.05, 4.69) is 25.2 Å².